The maximum atomic E-state index is 11.9. The third-order valence-corrected chi connectivity index (χ3v) is 4.67. The molecule has 0 atom stereocenters. The maximum absolute atomic E-state index is 11.9. The van der Waals surface area contributed by atoms with Crippen molar-refractivity contribution in [2.45, 2.75) is 26.2 Å². The largest absolute Gasteiger partial charge is 0.455 e. The van der Waals surface area contributed by atoms with Crippen molar-refractivity contribution >= 4 is 51.1 Å². The number of carbonyl (C=O) groups is 5. The number of benzene rings is 2. The van der Waals surface area contributed by atoms with Crippen LogP contribution in [0.3, 0.4) is 0 Å². The van der Waals surface area contributed by atoms with Crippen LogP contribution in [0.5, 0.6) is 0 Å². The molecule has 2 aromatic rings. The number of anilines is 1. The van der Waals surface area contributed by atoms with E-state index in [0.717, 1.165) is 4.47 Å². The topological polar surface area (TPSA) is 131 Å². The molecule has 32 heavy (non-hydrogen) atoms. The Balaban J connectivity index is 1.60. The Bertz CT molecular complexity index is 990. The van der Waals surface area contributed by atoms with Crippen LogP contribution in [0.2, 0.25) is 0 Å². The van der Waals surface area contributed by atoms with Crippen molar-refractivity contribution in [2.75, 3.05) is 11.9 Å². The van der Waals surface area contributed by atoms with E-state index in [9.17, 15) is 24.0 Å². The Morgan fingerprint density at radius 3 is 2.06 bits per heavy atom. The van der Waals surface area contributed by atoms with Gasteiger partial charge >= 0.3 is 5.97 Å². The highest BCUT2D eigenvalue weighted by Crippen LogP contribution is 2.11. The minimum absolute atomic E-state index is 0.0464. The summed E-state index contributed by atoms with van der Waals surface area (Å²) in [6.07, 6.45) is 0.270. The third-order valence-electron chi connectivity index (χ3n) is 4.15. The van der Waals surface area contributed by atoms with Crippen LogP contribution < -0.4 is 16.2 Å². The van der Waals surface area contributed by atoms with Gasteiger partial charge in [0.15, 0.2) is 12.4 Å². The summed E-state index contributed by atoms with van der Waals surface area (Å²) in [5, 5.41) is 2.67. The molecule has 0 heterocycles. The summed E-state index contributed by atoms with van der Waals surface area (Å²) in [4.78, 5) is 58.5. The van der Waals surface area contributed by atoms with Gasteiger partial charge in [-0.1, -0.05) is 15.9 Å². The molecule has 168 valence electrons. The van der Waals surface area contributed by atoms with Gasteiger partial charge in [0, 0.05) is 34.1 Å². The fourth-order valence-corrected chi connectivity index (χ4v) is 2.72. The molecule has 2 rings (SSSR count). The summed E-state index contributed by atoms with van der Waals surface area (Å²) < 4.78 is 5.63. The minimum Gasteiger partial charge on any atom is -0.455 e. The molecule has 0 bridgehead atoms. The minimum atomic E-state index is -0.699. The molecule has 0 unspecified atom stereocenters. The van der Waals surface area contributed by atoms with Gasteiger partial charge in [-0.15, -0.1) is 0 Å². The number of hydrogen-bond acceptors (Lipinski definition) is 6. The third kappa shape index (κ3) is 8.68. The molecule has 3 N–H and O–H groups in total. The molecule has 0 saturated carbocycles. The summed E-state index contributed by atoms with van der Waals surface area (Å²) in [7, 11) is 0. The first-order valence-corrected chi connectivity index (χ1v) is 10.4. The fourth-order valence-electron chi connectivity index (χ4n) is 2.46. The lowest BCUT2D eigenvalue weighted by atomic mass is 10.1. The number of hydrazine groups is 1. The number of ether oxygens (including phenoxy) is 1. The predicted molar refractivity (Wildman–Crippen MR) is 120 cm³/mol. The highest BCUT2D eigenvalue weighted by atomic mass is 79.9. The van der Waals surface area contributed by atoms with Gasteiger partial charge in [-0.05, 0) is 61.9 Å². The molecule has 0 aromatic heterocycles. The van der Waals surface area contributed by atoms with Crippen LogP contribution >= 0.6 is 15.9 Å². The normalized spacial score (nSPS) is 10.1. The van der Waals surface area contributed by atoms with Crippen molar-refractivity contribution < 1.29 is 28.7 Å². The first-order chi connectivity index (χ1) is 15.2. The zero-order valence-corrected chi connectivity index (χ0v) is 18.9. The number of halogens is 1. The molecule has 3 amide bonds. The second kappa shape index (κ2) is 12.4. The van der Waals surface area contributed by atoms with E-state index in [4.69, 9.17) is 4.74 Å². The number of amides is 3. The lowest BCUT2D eigenvalue weighted by Gasteiger charge is -2.08. The maximum Gasteiger partial charge on any atom is 0.306 e. The summed E-state index contributed by atoms with van der Waals surface area (Å²) in [6, 6.07) is 13.0. The Hall–Kier alpha value is -3.53. The van der Waals surface area contributed by atoms with Gasteiger partial charge in [0.25, 0.3) is 11.8 Å². The van der Waals surface area contributed by atoms with E-state index in [-0.39, 0.29) is 31.0 Å². The molecule has 10 heteroatoms. The smallest absolute Gasteiger partial charge is 0.306 e. The summed E-state index contributed by atoms with van der Waals surface area (Å²) >= 11 is 3.26. The van der Waals surface area contributed by atoms with E-state index in [2.05, 4.69) is 32.1 Å². The number of ketones is 1. The van der Waals surface area contributed by atoms with E-state index >= 15 is 0 Å². The average molecular weight is 504 g/mol. The molecule has 0 radical (unpaired) electrons. The van der Waals surface area contributed by atoms with E-state index in [1.165, 1.54) is 6.92 Å². The van der Waals surface area contributed by atoms with E-state index < -0.39 is 24.4 Å². The Morgan fingerprint density at radius 1 is 0.812 bits per heavy atom. The molecule has 0 saturated heterocycles. The lowest BCUT2D eigenvalue weighted by Crippen LogP contribution is -2.43. The van der Waals surface area contributed by atoms with Crippen molar-refractivity contribution in [3.05, 3.63) is 64.1 Å². The van der Waals surface area contributed by atoms with Crippen LogP contribution in [0.1, 0.15) is 46.9 Å². The molecule has 0 fully saturated rings. The number of carbonyl (C=O) groups excluding carboxylic acids is 5. The van der Waals surface area contributed by atoms with Gasteiger partial charge < -0.3 is 10.1 Å². The zero-order valence-electron chi connectivity index (χ0n) is 17.3. The predicted octanol–water partition coefficient (Wildman–Crippen LogP) is 2.76. The van der Waals surface area contributed by atoms with Gasteiger partial charge in [0.05, 0.1) is 0 Å². The summed E-state index contributed by atoms with van der Waals surface area (Å²) in [5.41, 5.74) is 5.80. The summed E-state index contributed by atoms with van der Waals surface area (Å²) in [6.45, 7) is 0.893. The van der Waals surface area contributed by atoms with E-state index in [1.807, 2.05) is 0 Å². The number of esters is 1. The molecule has 0 spiro atoms. The first kappa shape index (κ1) is 24.7. The van der Waals surface area contributed by atoms with Crippen molar-refractivity contribution in [2.24, 2.45) is 0 Å². The number of rotatable bonds is 9. The molecule has 0 aliphatic rings. The quantitative estimate of drug-likeness (QED) is 0.274. The van der Waals surface area contributed by atoms with Crippen LogP contribution in [-0.4, -0.2) is 36.1 Å². The number of nitrogens with one attached hydrogen (secondary N) is 3. The standard InChI is InChI=1S/C22H22BrN3O6/c1-14(27)15-7-11-18(12-8-15)24-19(28)3-2-4-21(30)32-13-20(29)25-26-22(31)16-5-9-17(23)10-6-16/h5-12H,2-4,13H2,1H3,(H,24,28)(H,25,29)(H,26,31). The zero-order chi connectivity index (χ0) is 23.5. The molecule has 9 nitrogen and oxygen atoms in total. The molecule has 0 aliphatic heterocycles. The molecular formula is C22H22BrN3O6. The van der Waals surface area contributed by atoms with Crippen LogP contribution in [0.15, 0.2) is 53.0 Å². The summed E-state index contributed by atoms with van der Waals surface area (Å²) in [5.74, 6) is -2.21. The number of hydrogen-bond donors (Lipinski definition) is 3. The fraction of sp³-hybridized carbons (Fsp3) is 0.227. The van der Waals surface area contributed by atoms with E-state index in [0.29, 0.717) is 16.8 Å². The van der Waals surface area contributed by atoms with Crippen molar-refractivity contribution in [1.29, 1.82) is 0 Å². The van der Waals surface area contributed by atoms with Crippen LogP contribution in [0.25, 0.3) is 0 Å². The van der Waals surface area contributed by atoms with Crippen LogP contribution in [0, 0.1) is 0 Å². The van der Waals surface area contributed by atoms with Crippen molar-refractivity contribution in [1.82, 2.24) is 10.9 Å². The number of Topliss-reactive ketones (excluding diaryl/α,β-unsaturated/α-hetero) is 1. The lowest BCUT2D eigenvalue weighted by molar-refractivity contribution is -0.148. The highest BCUT2D eigenvalue weighted by Gasteiger charge is 2.11. The van der Waals surface area contributed by atoms with Gasteiger partial charge in [0.2, 0.25) is 5.91 Å². The Kier molecular flexibility index (Phi) is 9.55. The van der Waals surface area contributed by atoms with Crippen LogP contribution in [-0.2, 0) is 19.1 Å². The van der Waals surface area contributed by atoms with Gasteiger partial charge in [-0.3, -0.25) is 34.8 Å². The van der Waals surface area contributed by atoms with Gasteiger partial charge in [-0.2, -0.15) is 0 Å². The monoisotopic (exact) mass is 503 g/mol. The highest BCUT2D eigenvalue weighted by molar-refractivity contribution is 9.10. The first-order valence-electron chi connectivity index (χ1n) is 9.66. The Labute approximate surface area is 193 Å². The van der Waals surface area contributed by atoms with Gasteiger partial charge in [-0.25, -0.2) is 0 Å². The average Bonchev–Trinajstić information content (AvgIpc) is 2.76. The van der Waals surface area contributed by atoms with Crippen molar-refractivity contribution in [3.8, 4) is 0 Å². The SMILES string of the molecule is CC(=O)c1ccc(NC(=O)CCCC(=O)OCC(=O)NNC(=O)c2ccc(Br)cc2)cc1. The molecular weight excluding hydrogens is 482 g/mol. The second-order valence-corrected chi connectivity index (χ2v) is 7.62. The second-order valence-electron chi connectivity index (χ2n) is 6.71. The van der Waals surface area contributed by atoms with E-state index in [1.54, 1.807) is 48.5 Å². The molecule has 2 aromatic carbocycles. The Morgan fingerprint density at radius 2 is 1.44 bits per heavy atom. The van der Waals surface area contributed by atoms with Gasteiger partial charge in [0.1, 0.15) is 0 Å². The van der Waals surface area contributed by atoms with Crippen LogP contribution in [0.4, 0.5) is 5.69 Å². The van der Waals surface area contributed by atoms with Crippen molar-refractivity contribution in [3.63, 3.8) is 0 Å². The molecule has 0 aliphatic carbocycles.